The van der Waals surface area contributed by atoms with Crippen molar-refractivity contribution in [1.29, 1.82) is 0 Å². The number of amides is 1. The van der Waals surface area contributed by atoms with Gasteiger partial charge in [0.2, 0.25) is 5.91 Å². The van der Waals surface area contributed by atoms with Crippen molar-refractivity contribution in [3.63, 3.8) is 0 Å². The van der Waals surface area contributed by atoms with Crippen molar-refractivity contribution < 1.29 is 4.79 Å². The van der Waals surface area contributed by atoms with Crippen molar-refractivity contribution >= 4 is 5.91 Å². The second-order valence-corrected chi connectivity index (χ2v) is 7.36. The van der Waals surface area contributed by atoms with Crippen LogP contribution in [0, 0.1) is 5.92 Å². The summed E-state index contributed by atoms with van der Waals surface area (Å²) < 4.78 is 1.83. The number of carbonyl (C=O) groups excluding carboxylic acids is 1. The molecule has 2 aliphatic rings. The van der Waals surface area contributed by atoms with E-state index in [1.165, 1.54) is 28.8 Å². The van der Waals surface area contributed by atoms with Gasteiger partial charge in [0.1, 0.15) is 6.54 Å². The second-order valence-electron chi connectivity index (χ2n) is 7.36. The fraction of sp³-hybridized carbons (Fsp3) is 0.500. The highest BCUT2D eigenvalue weighted by molar-refractivity contribution is 5.76. The first kappa shape index (κ1) is 15.4. The van der Waals surface area contributed by atoms with E-state index in [0.29, 0.717) is 6.54 Å². The van der Waals surface area contributed by atoms with E-state index >= 15 is 0 Å². The summed E-state index contributed by atoms with van der Waals surface area (Å²) in [5.74, 6) is 0.785. The topological polar surface area (TPSA) is 46.9 Å². The first-order valence-electron chi connectivity index (χ1n) is 9.11. The van der Waals surface area contributed by atoms with Crippen LogP contribution in [-0.2, 0) is 30.6 Å². The van der Waals surface area contributed by atoms with Crippen LogP contribution in [0.4, 0.5) is 0 Å². The molecule has 126 valence electrons. The van der Waals surface area contributed by atoms with Crippen LogP contribution in [-0.4, -0.2) is 15.7 Å². The highest BCUT2D eigenvalue weighted by Crippen LogP contribution is 2.29. The summed E-state index contributed by atoms with van der Waals surface area (Å²) in [5.41, 5.74) is 5.16. The van der Waals surface area contributed by atoms with Gasteiger partial charge in [0, 0.05) is 6.20 Å². The van der Waals surface area contributed by atoms with Crippen LogP contribution in [0.15, 0.2) is 30.5 Å². The van der Waals surface area contributed by atoms with Gasteiger partial charge in [-0.05, 0) is 61.1 Å². The van der Waals surface area contributed by atoms with Gasteiger partial charge in [-0.3, -0.25) is 9.48 Å². The van der Waals surface area contributed by atoms with Gasteiger partial charge < -0.3 is 5.32 Å². The number of rotatable bonds is 3. The van der Waals surface area contributed by atoms with Crippen molar-refractivity contribution in [1.82, 2.24) is 15.1 Å². The molecule has 1 N–H and O–H groups in total. The molecule has 1 aromatic carbocycles. The summed E-state index contributed by atoms with van der Waals surface area (Å²) in [6.45, 7) is 2.60. The molecule has 0 radical (unpaired) electrons. The molecule has 1 amide bonds. The van der Waals surface area contributed by atoms with Gasteiger partial charge in [-0.2, -0.15) is 5.10 Å². The minimum Gasteiger partial charge on any atom is -0.348 e. The van der Waals surface area contributed by atoms with Crippen molar-refractivity contribution in [2.24, 2.45) is 5.92 Å². The van der Waals surface area contributed by atoms with Crippen LogP contribution < -0.4 is 5.32 Å². The Balaban J connectivity index is 1.43. The van der Waals surface area contributed by atoms with Crippen LogP contribution in [0.25, 0.3) is 0 Å². The van der Waals surface area contributed by atoms with Crippen molar-refractivity contribution in [3.05, 3.63) is 52.8 Å². The number of hydrogen-bond donors (Lipinski definition) is 1. The molecule has 24 heavy (non-hydrogen) atoms. The zero-order valence-electron chi connectivity index (χ0n) is 14.3. The fourth-order valence-corrected chi connectivity index (χ4v) is 4.12. The van der Waals surface area contributed by atoms with E-state index in [1.807, 2.05) is 4.68 Å². The Kier molecular flexibility index (Phi) is 4.13. The van der Waals surface area contributed by atoms with Crippen LogP contribution in [0.1, 0.15) is 54.6 Å². The van der Waals surface area contributed by atoms with E-state index in [0.717, 1.165) is 38.0 Å². The number of nitrogens with zero attached hydrogens (tertiary/aromatic N) is 2. The molecule has 0 unspecified atom stereocenters. The highest BCUT2D eigenvalue weighted by atomic mass is 16.2. The Bertz CT molecular complexity index is 749. The number of aryl methyl sites for hydroxylation is 2. The van der Waals surface area contributed by atoms with E-state index in [4.69, 9.17) is 0 Å². The van der Waals surface area contributed by atoms with Crippen LogP contribution >= 0.6 is 0 Å². The predicted octanol–water partition coefficient (Wildman–Crippen LogP) is 3.20. The lowest BCUT2D eigenvalue weighted by Crippen LogP contribution is -2.33. The number of carbonyl (C=O) groups is 1. The summed E-state index contributed by atoms with van der Waals surface area (Å²) in [7, 11) is 0. The molecule has 4 heteroatoms. The molecule has 0 bridgehead atoms. The number of nitrogens with one attached hydrogen (secondary N) is 1. The quantitative estimate of drug-likeness (QED) is 0.943. The summed E-state index contributed by atoms with van der Waals surface area (Å²) >= 11 is 0. The molecule has 2 aromatic rings. The summed E-state index contributed by atoms with van der Waals surface area (Å²) in [4.78, 5) is 12.5. The molecular weight excluding hydrogens is 298 g/mol. The van der Waals surface area contributed by atoms with E-state index in [-0.39, 0.29) is 11.9 Å². The SMILES string of the molecule is C[C@H]1CCc2nn(CC(=O)N[C@@H]3CCCc4ccccc43)cc2C1. The number of benzene rings is 1. The van der Waals surface area contributed by atoms with Gasteiger partial charge >= 0.3 is 0 Å². The Morgan fingerprint density at radius 2 is 2.12 bits per heavy atom. The van der Waals surface area contributed by atoms with Gasteiger partial charge in [0.15, 0.2) is 0 Å². The van der Waals surface area contributed by atoms with Gasteiger partial charge in [0.25, 0.3) is 0 Å². The van der Waals surface area contributed by atoms with Crippen LogP contribution in [0.2, 0.25) is 0 Å². The van der Waals surface area contributed by atoms with E-state index in [9.17, 15) is 4.79 Å². The lowest BCUT2D eigenvalue weighted by atomic mass is 9.88. The molecule has 2 atom stereocenters. The third-order valence-electron chi connectivity index (χ3n) is 5.38. The molecular formula is C20H25N3O. The third kappa shape index (κ3) is 3.10. The molecule has 0 fully saturated rings. The second kappa shape index (κ2) is 6.42. The number of aromatic nitrogens is 2. The minimum atomic E-state index is 0.0598. The Hall–Kier alpha value is -2.10. The van der Waals surface area contributed by atoms with E-state index < -0.39 is 0 Å². The lowest BCUT2D eigenvalue weighted by molar-refractivity contribution is -0.122. The number of hydrogen-bond acceptors (Lipinski definition) is 2. The van der Waals surface area contributed by atoms with Crippen LogP contribution in [0.3, 0.4) is 0 Å². The Morgan fingerprint density at radius 1 is 1.25 bits per heavy atom. The van der Waals surface area contributed by atoms with Crippen LogP contribution in [0.5, 0.6) is 0 Å². The maximum atomic E-state index is 12.5. The molecule has 4 nitrogen and oxygen atoms in total. The summed E-state index contributed by atoms with van der Waals surface area (Å²) in [6.07, 6.45) is 8.68. The average Bonchev–Trinajstić information content (AvgIpc) is 2.96. The third-order valence-corrected chi connectivity index (χ3v) is 5.38. The first-order valence-corrected chi connectivity index (χ1v) is 9.11. The zero-order chi connectivity index (χ0) is 16.5. The fourth-order valence-electron chi connectivity index (χ4n) is 4.12. The zero-order valence-corrected chi connectivity index (χ0v) is 14.3. The lowest BCUT2D eigenvalue weighted by Gasteiger charge is -2.26. The monoisotopic (exact) mass is 323 g/mol. The van der Waals surface area contributed by atoms with Crippen molar-refractivity contribution in [2.75, 3.05) is 0 Å². The summed E-state index contributed by atoms with van der Waals surface area (Å²) in [5, 5.41) is 7.83. The van der Waals surface area contributed by atoms with Gasteiger partial charge in [-0.15, -0.1) is 0 Å². The normalized spacial score (nSPS) is 22.5. The Morgan fingerprint density at radius 3 is 3.04 bits per heavy atom. The number of fused-ring (bicyclic) bond motifs is 2. The molecule has 1 heterocycles. The molecule has 0 spiro atoms. The van der Waals surface area contributed by atoms with Gasteiger partial charge in [0.05, 0.1) is 11.7 Å². The molecule has 2 aliphatic carbocycles. The van der Waals surface area contributed by atoms with Gasteiger partial charge in [-0.1, -0.05) is 31.2 Å². The van der Waals surface area contributed by atoms with Gasteiger partial charge in [-0.25, -0.2) is 0 Å². The van der Waals surface area contributed by atoms with Crippen molar-refractivity contribution in [3.8, 4) is 0 Å². The Labute approximate surface area is 143 Å². The molecule has 1 aromatic heterocycles. The highest BCUT2D eigenvalue weighted by Gasteiger charge is 2.22. The molecule has 4 rings (SSSR count). The average molecular weight is 323 g/mol. The van der Waals surface area contributed by atoms with E-state index in [2.05, 4.69) is 47.8 Å². The largest absolute Gasteiger partial charge is 0.348 e. The smallest absolute Gasteiger partial charge is 0.242 e. The molecule has 0 saturated carbocycles. The maximum Gasteiger partial charge on any atom is 0.242 e. The molecule has 0 aliphatic heterocycles. The van der Waals surface area contributed by atoms with Crippen molar-refractivity contribution in [2.45, 2.75) is 58.0 Å². The minimum absolute atomic E-state index is 0.0598. The van der Waals surface area contributed by atoms with E-state index in [1.54, 1.807) is 0 Å². The first-order chi connectivity index (χ1) is 11.7. The standard InChI is InChI=1S/C20H25N3O/c1-14-9-10-18-16(11-14)12-23(22-18)13-20(24)21-19-8-4-6-15-5-2-3-7-17(15)19/h2-3,5,7,12,14,19H,4,6,8-11,13H2,1H3,(H,21,24)/t14-,19+/m0/s1. The summed E-state index contributed by atoms with van der Waals surface area (Å²) in [6, 6.07) is 8.61. The maximum absolute atomic E-state index is 12.5. The molecule has 0 saturated heterocycles. The predicted molar refractivity (Wildman–Crippen MR) is 93.7 cm³/mol.